The molecule has 0 bridgehead atoms. The maximum absolute atomic E-state index is 12.7. The van der Waals surface area contributed by atoms with Crippen molar-refractivity contribution in [2.24, 2.45) is 0 Å². The molecule has 1 saturated heterocycles. The molecule has 4 heterocycles. The highest BCUT2D eigenvalue weighted by Gasteiger charge is 2.29. The van der Waals surface area contributed by atoms with Crippen molar-refractivity contribution in [1.82, 2.24) is 24.3 Å². The number of hydrogen-bond donors (Lipinski definition) is 1. The third-order valence-corrected chi connectivity index (χ3v) is 7.65. The zero-order valence-electron chi connectivity index (χ0n) is 20.5. The largest absolute Gasteiger partial charge is 0.495 e. The molecule has 0 spiro atoms. The predicted octanol–water partition coefficient (Wildman–Crippen LogP) is 4.10. The van der Waals surface area contributed by atoms with Crippen LogP contribution in [-0.4, -0.2) is 71.1 Å². The normalized spacial score (nSPS) is 16.4. The summed E-state index contributed by atoms with van der Waals surface area (Å²) < 4.78 is 8.92. The molecule has 9 heteroatoms. The Hall–Kier alpha value is -3.43. The minimum atomic E-state index is 0.0483. The van der Waals surface area contributed by atoms with Crippen LogP contribution in [0, 0.1) is 6.92 Å². The average Bonchev–Trinajstić information content (AvgIpc) is 3.54. The van der Waals surface area contributed by atoms with Crippen molar-refractivity contribution in [1.29, 1.82) is 0 Å². The molecule has 5 rings (SSSR count). The summed E-state index contributed by atoms with van der Waals surface area (Å²) in [6.45, 7) is 4.16. The second kappa shape index (κ2) is 9.31. The summed E-state index contributed by atoms with van der Waals surface area (Å²) in [4.78, 5) is 26.6. The topological polar surface area (TPSA) is 89.5 Å². The van der Waals surface area contributed by atoms with Gasteiger partial charge in [-0.25, -0.2) is 9.97 Å². The van der Waals surface area contributed by atoms with Crippen LogP contribution < -0.4 is 10.5 Å². The first kappa shape index (κ1) is 23.3. The van der Waals surface area contributed by atoms with Crippen molar-refractivity contribution in [2.45, 2.75) is 19.4 Å². The van der Waals surface area contributed by atoms with Crippen molar-refractivity contribution >= 4 is 44.2 Å². The van der Waals surface area contributed by atoms with E-state index in [1.807, 2.05) is 30.0 Å². The van der Waals surface area contributed by atoms with Crippen LogP contribution in [0.2, 0.25) is 0 Å². The van der Waals surface area contributed by atoms with E-state index in [0.29, 0.717) is 18.9 Å². The number of thiophene rings is 1. The summed E-state index contributed by atoms with van der Waals surface area (Å²) in [5.41, 5.74) is 9.34. The van der Waals surface area contributed by atoms with E-state index in [4.69, 9.17) is 10.5 Å². The minimum absolute atomic E-state index is 0.0483. The van der Waals surface area contributed by atoms with E-state index < -0.39 is 0 Å². The smallest absolute Gasteiger partial charge is 0.246 e. The third kappa shape index (κ3) is 4.37. The number of rotatable bonds is 6. The Labute approximate surface area is 208 Å². The number of anilines is 1. The van der Waals surface area contributed by atoms with Gasteiger partial charge in [0.15, 0.2) is 0 Å². The van der Waals surface area contributed by atoms with E-state index in [-0.39, 0.29) is 11.9 Å². The number of ether oxygens (including phenoxy) is 1. The maximum atomic E-state index is 12.7. The highest BCUT2D eigenvalue weighted by molar-refractivity contribution is 7.22. The minimum Gasteiger partial charge on any atom is -0.495 e. The first-order valence-corrected chi connectivity index (χ1v) is 12.5. The quantitative estimate of drug-likeness (QED) is 0.409. The molecular weight excluding hydrogens is 460 g/mol. The number of hydrogen-bond acceptors (Lipinski definition) is 7. The third-order valence-electron chi connectivity index (χ3n) is 6.45. The van der Waals surface area contributed by atoms with E-state index in [1.165, 1.54) is 6.33 Å². The Balaban J connectivity index is 1.52. The van der Waals surface area contributed by atoms with Crippen LogP contribution in [0.4, 0.5) is 5.82 Å². The molecule has 1 aliphatic heterocycles. The van der Waals surface area contributed by atoms with Gasteiger partial charge in [0, 0.05) is 42.3 Å². The van der Waals surface area contributed by atoms with Crippen molar-refractivity contribution in [3.63, 3.8) is 0 Å². The Bertz CT molecular complexity index is 1440. The molecule has 2 N–H and O–H groups in total. The predicted molar refractivity (Wildman–Crippen MR) is 142 cm³/mol. The van der Waals surface area contributed by atoms with Crippen molar-refractivity contribution < 1.29 is 9.53 Å². The first-order valence-electron chi connectivity index (χ1n) is 11.7. The molecule has 182 valence electrons. The van der Waals surface area contributed by atoms with Gasteiger partial charge < -0.3 is 24.8 Å². The van der Waals surface area contributed by atoms with E-state index >= 15 is 0 Å². The first-order chi connectivity index (χ1) is 16.9. The summed E-state index contributed by atoms with van der Waals surface area (Å²) >= 11 is 1.68. The van der Waals surface area contributed by atoms with Crippen LogP contribution in [0.25, 0.3) is 31.6 Å². The molecule has 1 aromatic carbocycles. The molecule has 1 unspecified atom stereocenters. The molecule has 0 radical (unpaired) electrons. The molecule has 1 fully saturated rings. The van der Waals surface area contributed by atoms with E-state index in [2.05, 4.69) is 45.9 Å². The number of likely N-dealkylation sites (tertiary alicyclic amines) is 1. The zero-order chi connectivity index (χ0) is 24.7. The lowest BCUT2D eigenvalue weighted by atomic mass is 10.1. The van der Waals surface area contributed by atoms with Crippen LogP contribution in [0.5, 0.6) is 5.75 Å². The van der Waals surface area contributed by atoms with Crippen LogP contribution >= 0.6 is 11.3 Å². The lowest BCUT2D eigenvalue weighted by Gasteiger charge is -2.16. The molecule has 0 saturated carbocycles. The van der Waals surface area contributed by atoms with Gasteiger partial charge in [-0.15, -0.1) is 11.3 Å². The molecule has 1 amide bonds. The lowest BCUT2D eigenvalue weighted by molar-refractivity contribution is -0.125. The van der Waals surface area contributed by atoms with Crippen LogP contribution in [0.3, 0.4) is 0 Å². The van der Waals surface area contributed by atoms with Crippen molar-refractivity contribution in [3.05, 3.63) is 48.4 Å². The van der Waals surface area contributed by atoms with E-state index in [9.17, 15) is 4.79 Å². The number of nitrogen functional groups attached to an aromatic ring is 1. The standard InChI is InChI=1S/C26H30N6O2S/c1-16-10-17-12-21(35-24(17)20(11-16)34-4)19-14-32(26-23(19)25(27)28-15-29-26)18-7-9-31(13-18)22(33)6-5-8-30(2)3/h5-6,10-12,14-15,18H,7-9,13H2,1-4H3,(H2,27,28,29). The zero-order valence-corrected chi connectivity index (χ0v) is 21.3. The number of likely N-dealkylation sites (N-methyl/N-ethyl adjacent to an activating group) is 1. The van der Waals surface area contributed by atoms with Gasteiger partial charge >= 0.3 is 0 Å². The molecular formula is C26H30N6O2S. The van der Waals surface area contributed by atoms with Gasteiger partial charge in [0.25, 0.3) is 0 Å². The van der Waals surface area contributed by atoms with Gasteiger partial charge in [-0.1, -0.05) is 12.1 Å². The Morgan fingerprint density at radius 1 is 1.31 bits per heavy atom. The number of amides is 1. The number of carbonyl (C=O) groups is 1. The van der Waals surface area contributed by atoms with Crippen molar-refractivity contribution in [2.75, 3.05) is 46.6 Å². The molecule has 3 aromatic heterocycles. The fourth-order valence-corrected chi connectivity index (χ4v) is 5.91. The van der Waals surface area contributed by atoms with Crippen LogP contribution in [0.1, 0.15) is 18.0 Å². The van der Waals surface area contributed by atoms with Gasteiger partial charge in [0.2, 0.25) is 5.91 Å². The fraction of sp³-hybridized carbons (Fsp3) is 0.346. The SMILES string of the molecule is COc1cc(C)cc2cc(-c3cn(C4CCN(C(=O)C=CCN(C)C)C4)c4ncnc(N)c34)sc12. The van der Waals surface area contributed by atoms with Gasteiger partial charge in [-0.2, -0.15) is 0 Å². The number of methoxy groups -OCH3 is 1. The molecule has 35 heavy (non-hydrogen) atoms. The number of nitrogens with two attached hydrogens (primary N) is 1. The fourth-order valence-electron chi connectivity index (χ4n) is 4.76. The number of carbonyl (C=O) groups excluding carboxylic acids is 1. The Kier molecular flexibility index (Phi) is 6.21. The van der Waals surface area contributed by atoms with Crippen LogP contribution in [-0.2, 0) is 4.79 Å². The lowest BCUT2D eigenvalue weighted by Crippen LogP contribution is -2.27. The summed E-state index contributed by atoms with van der Waals surface area (Å²) in [6.07, 6.45) is 8.08. The number of aryl methyl sites for hydroxylation is 1. The molecule has 4 aromatic rings. The number of benzene rings is 1. The molecule has 8 nitrogen and oxygen atoms in total. The Morgan fingerprint density at radius 3 is 2.91 bits per heavy atom. The van der Waals surface area contributed by atoms with Crippen LogP contribution in [0.15, 0.2) is 42.9 Å². The van der Waals surface area contributed by atoms with Gasteiger partial charge in [0.1, 0.15) is 23.5 Å². The summed E-state index contributed by atoms with van der Waals surface area (Å²) in [5, 5.41) is 1.99. The number of fused-ring (bicyclic) bond motifs is 2. The van der Waals surface area contributed by atoms with Gasteiger partial charge in [-0.05, 0) is 50.5 Å². The number of aromatic nitrogens is 3. The average molecular weight is 491 g/mol. The van der Waals surface area contributed by atoms with E-state index in [1.54, 1.807) is 24.5 Å². The molecule has 1 atom stereocenters. The van der Waals surface area contributed by atoms with E-state index in [0.717, 1.165) is 55.8 Å². The second-order valence-corrected chi connectivity index (χ2v) is 10.3. The number of nitrogens with zero attached hydrogens (tertiary/aromatic N) is 5. The van der Waals surface area contributed by atoms with Gasteiger partial charge in [-0.3, -0.25) is 4.79 Å². The highest BCUT2D eigenvalue weighted by Crippen LogP contribution is 2.43. The highest BCUT2D eigenvalue weighted by atomic mass is 32.1. The molecule has 1 aliphatic rings. The van der Waals surface area contributed by atoms with Gasteiger partial charge in [0.05, 0.1) is 23.2 Å². The summed E-state index contributed by atoms with van der Waals surface area (Å²) in [7, 11) is 5.67. The summed E-state index contributed by atoms with van der Waals surface area (Å²) in [5.74, 6) is 1.38. The monoisotopic (exact) mass is 490 g/mol. The summed E-state index contributed by atoms with van der Waals surface area (Å²) in [6, 6.07) is 6.53. The Morgan fingerprint density at radius 2 is 2.14 bits per heavy atom. The van der Waals surface area contributed by atoms with Crippen molar-refractivity contribution in [3.8, 4) is 16.2 Å². The molecule has 0 aliphatic carbocycles. The maximum Gasteiger partial charge on any atom is 0.246 e. The second-order valence-electron chi connectivity index (χ2n) is 9.30.